The highest BCUT2D eigenvalue weighted by Crippen LogP contribution is 2.22. The Bertz CT molecular complexity index is 842. The first-order valence-electron chi connectivity index (χ1n) is 6.57. The van der Waals surface area contributed by atoms with Gasteiger partial charge in [-0.25, -0.2) is 9.38 Å². The molecule has 0 unspecified atom stereocenters. The van der Waals surface area contributed by atoms with Crippen molar-refractivity contribution in [2.75, 3.05) is 0 Å². The molecule has 0 aliphatic heterocycles. The van der Waals surface area contributed by atoms with E-state index in [1.165, 1.54) is 18.2 Å². The van der Waals surface area contributed by atoms with Crippen LogP contribution in [0.5, 0.6) is 0 Å². The molecule has 3 aromatic rings. The molecule has 0 spiro atoms. The third kappa shape index (κ3) is 2.83. The number of nitrogens with zero attached hydrogens (tertiary/aromatic N) is 1. The van der Waals surface area contributed by atoms with E-state index in [0.29, 0.717) is 22.6 Å². The highest BCUT2D eigenvalue weighted by atomic mass is 19.1. The van der Waals surface area contributed by atoms with E-state index in [1.807, 2.05) is 5.48 Å². The van der Waals surface area contributed by atoms with Gasteiger partial charge in [-0.05, 0) is 42.5 Å². The van der Waals surface area contributed by atoms with Gasteiger partial charge >= 0.3 is 0 Å². The molecule has 2 aromatic carbocycles. The van der Waals surface area contributed by atoms with E-state index in [2.05, 4.69) is 4.99 Å². The van der Waals surface area contributed by atoms with Gasteiger partial charge in [-0.15, -0.1) is 0 Å². The number of amidine groups is 1. The lowest BCUT2D eigenvalue weighted by molar-refractivity contribution is 0.235. The summed E-state index contributed by atoms with van der Waals surface area (Å²) in [5.41, 5.74) is 3.62. The Kier molecular flexibility index (Phi) is 3.86. The predicted molar refractivity (Wildman–Crippen MR) is 79.7 cm³/mol. The number of hydrogen-bond donors (Lipinski definition) is 3. The lowest BCUT2D eigenvalue weighted by atomic mass is 10.1. The lowest BCUT2D eigenvalue weighted by Gasteiger charge is -2.05. The maximum Gasteiger partial charge on any atom is 0.157 e. The van der Waals surface area contributed by atoms with Crippen molar-refractivity contribution in [3.05, 3.63) is 65.7 Å². The Labute approximate surface area is 125 Å². The number of aliphatic hydroxyl groups excluding tert-OH is 1. The highest BCUT2D eigenvalue weighted by Gasteiger charge is 2.08. The molecule has 0 radical (unpaired) electrons. The van der Waals surface area contributed by atoms with Crippen LogP contribution in [0.4, 0.5) is 10.1 Å². The van der Waals surface area contributed by atoms with Crippen LogP contribution >= 0.6 is 0 Å². The van der Waals surface area contributed by atoms with Crippen LogP contribution in [-0.2, 0) is 6.61 Å². The Balaban J connectivity index is 2.02. The largest absolute Gasteiger partial charge is 0.459 e. The van der Waals surface area contributed by atoms with Gasteiger partial charge in [-0.3, -0.25) is 10.7 Å². The quantitative estimate of drug-likeness (QED) is 0.394. The van der Waals surface area contributed by atoms with Crippen molar-refractivity contribution in [2.24, 2.45) is 4.99 Å². The molecular formula is C16H13FN2O3. The molecule has 0 aliphatic rings. The summed E-state index contributed by atoms with van der Waals surface area (Å²) < 4.78 is 18.6. The minimum atomic E-state index is -0.406. The van der Waals surface area contributed by atoms with Crippen molar-refractivity contribution in [3.8, 4) is 0 Å². The molecule has 0 atom stereocenters. The number of hydrogen-bond acceptors (Lipinski definition) is 4. The van der Waals surface area contributed by atoms with E-state index >= 15 is 0 Å². The summed E-state index contributed by atoms with van der Waals surface area (Å²) in [6, 6.07) is 12.6. The van der Waals surface area contributed by atoms with Gasteiger partial charge in [-0.2, -0.15) is 0 Å². The van der Waals surface area contributed by atoms with Crippen LogP contribution in [0, 0.1) is 5.82 Å². The molecule has 0 saturated heterocycles. The van der Waals surface area contributed by atoms with E-state index < -0.39 is 5.82 Å². The molecule has 5 nitrogen and oxygen atoms in total. The summed E-state index contributed by atoms with van der Waals surface area (Å²) in [5, 5.41) is 19.1. The van der Waals surface area contributed by atoms with Crippen molar-refractivity contribution in [2.45, 2.75) is 6.61 Å². The maximum atomic E-state index is 13.2. The molecule has 3 N–H and O–H groups in total. The molecule has 0 amide bonds. The number of fused-ring (bicyclic) bond motifs is 1. The number of aliphatic imine (C=N–C) groups is 1. The molecule has 1 aromatic heterocycles. The van der Waals surface area contributed by atoms with E-state index in [4.69, 9.17) is 9.52 Å². The second-order valence-corrected chi connectivity index (χ2v) is 4.68. The zero-order valence-electron chi connectivity index (χ0n) is 11.5. The molecular weight excluding hydrogens is 287 g/mol. The highest BCUT2D eigenvalue weighted by molar-refractivity contribution is 6.02. The Morgan fingerprint density at radius 3 is 2.77 bits per heavy atom. The van der Waals surface area contributed by atoms with Crippen molar-refractivity contribution >= 4 is 22.5 Å². The summed E-state index contributed by atoms with van der Waals surface area (Å²) in [5.74, 6) is 0.225. The standard InChI is InChI=1S/C16H13FN2O3/c17-12-2-1-3-13(8-12)18-16(19-21)10-4-5-15-11(6-10)7-14(9-20)22-15/h1-8,20-21H,9H2,(H,18,19). The molecule has 112 valence electrons. The summed E-state index contributed by atoms with van der Waals surface area (Å²) in [6.45, 7) is -0.188. The second kappa shape index (κ2) is 5.97. The van der Waals surface area contributed by atoms with Crippen molar-refractivity contribution in [1.29, 1.82) is 0 Å². The average Bonchev–Trinajstić information content (AvgIpc) is 2.95. The van der Waals surface area contributed by atoms with Crippen molar-refractivity contribution in [3.63, 3.8) is 0 Å². The molecule has 0 fully saturated rings. The Morgan fingerprint density at radius 1 is 1.18 bits per heavy atom. The third-order valence-corrected chi connectivity index (χ3v) is 3.15. The van der Waals surface area contributed by atoms with Crippen LogP contribution in [0.2, 0.25) is 0 Å². The number of benzene rings is 2. The minimum absolute atomic E-state index is 0.180. The molecule has 6 heteroatoms. The van der Waals surface area contributed by atoms with Crippen LogP contribution in [-0.4, -0.2) is 16.1 Å². The number of furan rings is 1. The second-order valence-electron chi connectivity index (χ2n) is 4.68. The summed E-state index contributed by atoms with van der Waals surface area (Å²) in [6.07, 6.45) is 0. The fourth-order valence-electron chi connectivity index (χ4n) is 2.15. The number of rotatable bonds is 3. The first kappa shape index (κ1) is 14.2. The fourth-order valence-corrected chi connectivity index (χ4v) is 2.15. The molecule has 1 heterocycles. The zero-order valence-corrected chi connectivity index (χ0v) is 11.5. The average molecular weight is 300 g/mol. The van der Waals surface area contributed by atoms with Gasteiger partial charge in [0, 0.05) is 10.9 Å². The normalized spacial score (nSPS) is 11.9. The van der Waals surface area contributed by atoms with Crippen molar-refractivity contribution < 1.29 is 19.1 Å². The molecule has 0 aliphatic carbocycles. The van der Waals surface area contributed by atoms with Crippen LogP contribution in [0.3, 0.4) is 0 Å². The first-order valence-corrected chi connectivity index (χ1v) is 6.57. The van der Waals surface area contributed by atoms with Gasteiger partial charge in [0.2, 0.25) is 0 Å². The Morgan fingerprint density at radius 2 is 2.05 bits per heavy atom. The third-order valence-electron chi connectivity index (χ3n) is 3.15. The van der Waals surface area contributed by atoms with Crippen LogP contribution in [0.1, 0.15) is 11.3 Å². The summed E-state index contributed by atoms with van der Waals surface area (Å²) in [7, 11) is 0. The monoisotopic (exact) mass is 300 g/mol. The summed E-state index contributed by atoms with van der Waals surface area (Å²) in [4.78, 5) is 4.18. The van der Waals surface area contributed by atoms with Gasteiger partial charge < -0.3 is 9.52 Å². The van der Waals surface area contributed by atoms with Crippen LogP contribution < -0.4 is 5.48 Å². The lowest BCUT2D eigenvalue weighted by Crippen LogP contribution is -2.19. The Hall–Kier alpha value is -2.70. The van der Waals surface area contributed by atoms with Gasteiger partial charge in [0.25, 0.3) is 0 Å². The number of nitrogens with one attached hydrogen (secondary N) is 1. The van der Waals surface area contributed by atoms with Crippen LogP contribution in [0.15, 0.2) is 57.9 Å². The molecule has 0 bridgehead atoms. The van der Waals surface area contributed by atoms with E-state index in [0.717, 1.165) is 5.39 Å². The maximum absolute atomic E-state index is 13.2. The molecule has 3 rings (SSSR count). The number of aliphatic hydroxyl groups is 1. The van der Waals surface area contributed by atoms with Gasteiger partial charge in [-0.1, -0.05) is 6.07 Å². The summed E-state index contributed by atoms with van der Waals surface area (Å²) >= 11 is 0. The molecule has 22 heavy (non-hydrogen) atoms. The molecule has 0 saturated carbocycles. The minimum Gasteiger partial charge on any atom is -0.459 e. The van der Waals surface area contributed by atoms with E-state index in [9.17, 15) is 9.60 Å². The number of hydroxylamine groups is 1. The smallest absolute Gasteiger partial charge is 0.157 e. The van der Waals surface area contributed by atoms with E-state index in [1.54, 1.807) is 30.3 Å². The first-order chi connectivity index (χ1) is 10.7. The van der Waals surface area contributed by atoms with Gasteiger partial charge in [0.1, 0.15) is 23.8 Å². The van der Waals surface area contributed by atoms with Gasteiger partial charge in [0.05, 0.1) is 5.69 Å². The van der Waals surface area contributed by atoms with Crippen molar-refractivity contribution in [1.82, 2.24) is 5.48 Å². The fraction of sp³-hybridized carbons (Fsp3) is 0.0625. The SMILES string of the molecule is OCc1cc2cc(C(=Nc3cccc(F)c3)NO)ccc2o1. The van der Waals surface area contributed by atoms with Crippen LogP contribution in [0.25, 0.3) is 11.0 Å². The predicted octanol–water partition coefficient (Wildman–Crippen LogP) is 3.12. The van der Waals surface area contributed by atoms with E-state index in [-0.39, 0.29) is 12.4 Å². The zero-order chi connectivity index (χ0) is 15.5. The topological polar surface area (TPSA) is 78.0 Å². The van der Waals surface area contributed by atoms with Gasteiger partial charge in [0.15, 0.2) is 5.84 Å². The number of halogens is 1.